The van der Waals surface area contributed by atoms with Crippen molar-refractivity contribution in [2.24, 2.45) is 0 Å². The number of rotatable bonds is 12. The third kappa shape index (κ3) is 9.09. The summed E-state index contributed by atoms with van der Waals surface area (Å²) in [5.74, 6) is -0.882. The first kappa shape index (κ1) is 32.2. The predicted octanol–water partition coefficient (Wildman–Crippen LogP) is 5.92. The Hall–Kier alpha value is -2.34. The van der Waals surface area contributed by atoms with E-state index in [1.165, 1.54) is 4.90 Å². The molecular weight excluding hydrogens is 684 g/mol. The molecule has 0 fully saturated rings. The first-order valence-electron chi connectivity index (χ1n) is 12.7. The molecule has 0 aliphatic carbocycles. The van der Waals surface area contributed by atoms with E-state index in [0.29, 0.717) is 27.7 Å². The number of hydrogen-bond donors (Lipinski definition) is 1. The highest BCUT2D eigenvalue weighted by Gasteiger charge is 2.33. The second-order valence-electron chi connectivity index (χ2n) is 9.53. The van der Waals surface area contributed by atoms with Crippen molar-refractivity contribution in [2.75, 3.05) is 17.1 Å². The summed E-state index contributed by atoms with van der Waals surface area (Å²) in [7, 11) is -3.83. The highest BCUT2D eigenvalue weighted by molar-refractivity contribution is 14.1. The fourth-order valence-electron chi connectivity index (χ4n) is 4.05. The lowest BCUT2D eigenvalue weighted by Crippen LogP contribution is -2.54. The minimum Gasteiger partial charge on any atom is -0.352 e. The topological polar surface area (TPSA) is 86.8 Å². The number of anilines is 1. The molecule has 3 aromatic rings. The van der Waals surface area contributed by atoms with Gasteiger partial charge in [-0.05, 0) is 83.5 Å². The third-order valence-electron chi connectivity index (χ3n) is 6.42. The number of nitrogens with one attached hydrogen (secondary N) is 1. The lowest BCUT2D eigenvalue weighted by Gasteiger charge is -2.34. The molecule has 0 spiro atoms. The Morgan fingerprint density at radius 1 is 1.00 bits per heavy atom. The Bertz CT molecular complexity index is 1420. The van der Waals surface area contributed by atoms with Gasteiger partial charge in [0.2, 0.25) is 21.8 Å². The fraction of sp³-hybridized carbons (Fsp3) is 0.310. The Morgan fingerprint density at radius 2 is 1.65 bits per heavy atom. The van der Waals surface area contributed by atoms with Crippen LogP contribution in [0.1, 0.15) is 31.4 Å². The van der Waals surface area contributed by atoms with Crippen LogP contribution >= 0.6 is 45.8 Å². The Kier molecular flexibility index (Phi) is 11.7. The van der Waals surface area contributed by atoms with Gasteiger partial charge < -0.3 is 10.2 Å². The zero-order valence-electron chi connectivity index (χ0n) is 22.5. The minimum atomic E-state index is -3.83. The Morgan fingerprint density at radius 3 is 2.23 bits per heavy atom. The smallest absolute Gasteiger partial charge is 0.244 e. The van der Waals surface area contributed by atoms with Crippen LogP contribution < -0.4 is 9.62 Å². The van der Waals surface area contributed by atoms with Crippen molar-refractivity contribution < 1.29 is 18.0 Å². The molecule has 2 amide bonds. The molecule has 2 atom stereocenters. The molecule has 214 valence electrons. The van der Waals surface area contributed by atoms with Crippen molar-refractivity contribution in [1.82, 2.24) is 10.2 Å². The number of carbonyl (C=O) groups excluding carboxylic acids is 2. The van der Waals surface area contributed by atoms with E-state index in [1.807, 2.05) is 44.2 Å². The van der Waals surface area contributed by atoms with Crippen LogP contribution in [-0.2, 0) is 32.6 Å². The maximum Gasteiger partial charge on any atom is 0.244 e. The van der Waals surface area contributed by atoms with Crippen molar-refractivity contribution in [3.8, 4) is 0 Å². The molecule has 0 saturated heterocycles. The van der Waals surface area contributed by atoms with Gasteiger partial charge in [-0.25, -0.2) is 8.42 Å². The molecule has 7 nitrogen and oxygen atoms in total. The molecular formula is C29H32Cl2IN3O4S. The molecule has 0 saturated carbocycles. The standard InChI is InChI=1S/C29H32Cl2IN3O4S/c1-4-20(2)33-29(37)27(16-21-8-6-5-7-9-21)34(18-22-10-11-23(30)17-26(22)31)28(36)19-35(40(3,38)39)25-14-12-24(32)13-15-25/h5-15,17,20,27H,4,16,18-19H2,1-3H3,(H,33,37)/t20-,27-/m0/s1. The molecule has 3 aromatic carbocycles. The number of halogens is 3. The molecule has 0 aliphatic rings. The van der Waals surface area contributed by atoms with Crippen molar-refractivity contribution in [3.05, 3.63) is 97.5 Å². The summed E-state index contributed by atoms with van der Waals surface area (Å²) in [6, 6.07) is 20.1. The van der Waals surface area contributed by atoms with Crippen LogP contribution in [0, 0.1) is 3.57 Å². The van der Waals surface area contributed by atoms with Crippen molar-refractivity contribution in [3.63, 3.8) is 0 Å². The first-order chi connectivity index (χ1) is 18.9. The van der Waals surface area contributed by atoms with E-state index in [2.05, 4.69) is 27.9 Å². The fourth-order valence-corrected chi connectivity index (χ4v) is 5.73. The summed E-state index contributed by atoms with van der Waals surface area (Å²) in [5, 5.41) is 3.77. The van der Waals surface area contributed by atoms with Crippen LogP contribution in [0.15, 0.2) is 72.8 Å². The molecule has 0 aromatic heterocycles. The van der Waals surface area contributed by atoms with E-state index < -0.39 is 28.5 Å². The number of hydrogen-bond acceptors (Lipinski definition) is 4. The molecule has 0 heterocycles. The van der Waals surface area contributed by atoms with E-state index in [9.17, 15) is 18.0 Å². The van der Waals surface area contributed by atoms with Crippen molar-refractivity contribution in [1.29, 1.82) is 0 Å². The summed E-state index contributed by atoms with van der Waals surface area (Å²) in [6.45, 7) is 3.33. The van der Waals surface area contributed by atoms with Crippen molar-refractivity contribution >= 4 is 73.3 Å². The highest BCUT2D eigenvalue weighted by Crippen LogP contribution is 2.25. The van der Waals surface area contributed by atoms with Gasteiger partial charge >= 0.3 is 0 Å². The van der Waals surface area contributed by atoms with Gasteiger partial charge in [0.15, 0.2) is 0 Å². The maximum absolute atomic E-state index is 14.1. The summed E-state index contributed by atoms with van der Waals surface area (Å²) in [5.41, 5.74) is 1.78. The second kappa shape index (κ2) is 14.5. The maximum atomic E-state index is 14.1. The van der Waals surface area contributed by atoms with Gasteiger partial charge in [0, 0.05) is 32.6 Å². The molecule has 40 heavy (non-hydrogen) atoms. The van der Waals surface area contributed by atoms with Crippen LogP contribution in [0.2, 0.25) is 10.0 Å². The molecule has 11 heteroatoms. The lowest BCUT2D eigenvalue weighted by atomic mass is 10.0. The average Bonchev–Trinajstić information content (AvgIpc) is 2.90. The number of nitrogens with zero attached hydrogens (tertiary/aromatic N) is 2. The minimum absolute atomic E-state index is 0.0233. The molecule has 1 N–H and O–H groups in total. The average molecular weight is 716 g/mol. The SMILES string of the molecule is CC[C@H](C)NC(=O)[C@H](Cc1ccccc1)N(Cc1ccc(Cl)cc1Cl)C(=O)CN(c1ccc(I)cc1)S(C)(=O)=O. The van der Waals surface area contributed by atoms with E-state index in [4.69, 9.17) is 23.2 Å². The van der Waals surface area contributed by atoms with Gasteiger partial charge in [-0.3, -0.25) is 13.9 Å². The van der Waals surface area contributed by atoms with Crippen LogP contribution in [0.3, 0.4) is 0 Å². The Labute approximate surface area is 260 Å². The number of carbonyl (C=O) groups is 2. The van der Waals surface area contributed by atoms with Gasteiger partial charge in [0.25, 0.3) is 0 Å². The van der Waals surface area contributed by atoms with Crippen LogP contribution in [0.25, 0.3) is 0 Å². The van der Waals surface area contributed by atoms with Gasteiger partial charge in [-0.15, -0.1) is 0 Å². The van der Waals surface area contributed by atoms with Gasteiger partial charge in [0.05, 0.1) is 11.9 Å². The van der Waals surface area contributed by atoms with Crippen LogP contribution in [-0.4, -0.2) is 50.0 Å². The van der Waals surface area contributed by atoms with Gasteiger partial charge in [0.1, 0.15) is 12.6 Å². The van der Waals surface area contributed by atoms with Gasteiger partial charge in [-0.1, -0.05) is 66.5 Å². The predicted molar refractivity (Wildman–Crippen MR) is 170 cm³/mol. The molecule has 3 rings (SSSR count). The zero-order valence-corrected chi connectivity index (χ0v) is 27.0. The molecule has 0 bridgehead atoms. The summed E-state index contributed by atoms with van der Waals surface area (Å²) in [6.07, 6.45) is 1.98. The quantitative estimate of drug-likeness (QED) is 0.236. The zero-order chi connectivity index (χ0) is 29.4. The first-order valence-corrected chi connectivity index (χ1v) is 16.4. The van der Waals surface area contributed by atoms with Crippen molar-refractivity contribution in [2.45, 2.75) is 45.3 Å². The third-order valence-corrected chi connectivity index (χ3v) is 8.87. The highest BCUT2D eigenvalue weighted by atomic mass is 127. The van der Waals surface area contributed by atoms with Gasteiger partial charge in [-0.2, -0.15) is 0 Å². The molecule has 0 radical (unpaired) electrons. The molecule has 0 unspecified atom stereocenters. The van der Waals surface area contributed by atoms with E-state index in [0.717, 1.165) is 19.7 Å². The number of benzene rings is 3. The summed E-state index contributed by atoms with van der Waals surface area (Å²) in [4.78, 5) is 29.2. The Balaban J connectivity index is 2.08. The second-order valence-corrected chi connectivity index (χ2v) is 13.5. The number of sulfonamides is 1. The normalized spacial score (nSPS) is 12.8. The summed E-state index contributed by atoms with van der Waals surface area (Å²) < 4.78 is 27.7. The summed E-state index contributed by atoms with van der Waals surface area (Å²) >= 11 is 14.7. The van der Waals surface area contributed by atoms with E-state index >= 15 is 0 Å². The largest absolute Gasteiger partial charge is 0.352 e. The van der Waals surface area contributed by atoms with E-state index in [1.54, 1.807) is 42.5 Å². The van der Waals surface area contributed by atoms with Crippen LogP contribution in [0.5, 0.6) is 0 Å². The lowest BCUT2D eigenvalue weighted by molar-refractivity contribution is -0.140. The number of amides is 2. The molecule has 0 aliphatic heterocycles. The van der Waals surface area contributed by atoms with Crippen LogP contribution in [0.4, 0.5) is 5.69 Å². The van der Waals surface area contributed by atoms with E-state index in [-0.39, 0.29) is 24.9 Å². The monoisotopic (exact) mass is 715 g/mol.